The molecule has 5 heteroatoms. The molecule has 0 unspecified atom stereocenters. The van der Waals surface area contributed by atoms with E-state index in [1.165, 1.54) is 6.26 Å². The molecular formula is C14H23NO3S. The zero-order valence-corrected chi connectivity index (χ0v) is 12.7. The summed E-state index contributed by atoms with van der Waals surface area (Å²) in [6, 6.07) is 6.50. The Bertz CT molecular complexity index is 466. The molecule has 19 heavy (non-hydrogen) atoms. The highest BCUT2D eigenvalue weighted by atomic mass is 32.2. The summed E-state index contributed by atoms with van der Waals surface area (Å²) in [7, 11) is -3.13. The van der Waals surface area contributed by atoms with Crippen molar-refractivity contribution in [3.8, 4) is 5.75 Å². The van der Waals surface area contributed by atoms with E-state index in [2.05, 4.69) is 19.2 Å². The monoisotopic (exact) mass is 285 g/mol. The lowest BCUT2D eigenvalue weighted by Crippen LogP contribution is -2.23. The van der Waals surface area contributed by atoms with Crippen LogP contribution in [0.5, 0.6) is 5.75 Å². The smallest absolute Gasteiger partial charge is 0.175 e. The minimum absolute atomic E-state index is 0.315. The van der Waals surface area contributed by atoms with Crippen molar-refractivity contribution in [1.82, 2.24) is 5.32 Å². The molecule has 0 aliphatic rings. The van der Waals surface area contributed by atoms with Gasteiger partial charge in [0.25, 0.3) is 0 Å². The van der Waals surface area contributed by atoms with Gasteiger partial charge in [0.15, 0.2) is 9.84 Å². The molecule has 0 bridgehead atoms. The predicted octanol–water partition coefficient (Wildman–Crippen LogP) is 2.10. The van der Waals surface area contributed by atoms with Gasteiger partial charge in [-0.1, -0.05) is 13.8 Å². The van der Waals surface area contributed by atoms with Crippen LogP contribution in [0.3, 0.4) is 0 Å². The van der Waals surface area contributed by atoms with Crippen molar-refractivity contribution >= 4 is 9.84 Å². The van der Waals surface area contributed by atoms with E-state index in [0.29, 0.717) is 23.2 Å². The maximum absolute atomic E-state index is 11.3. The van der Waals surface area contributed by atoms with Gasteiger partial charge >= 0.3 is 0 Å². The molecule has 0 aliphatic heterocycles. The van der Waals surface area contributed by atoms with Crippen molar-refractivity contribution in [1.29, 1.82) is 0 Å². The van der Waals surface area contributed by atoms with Crippen molar-refractivity contribution in [2.24, 2.45) is 5.92 Å². The van der Waals surface area contributed by atoms with Crippen molar-refractivity contribution < 1.29 is 13.2 Å². The Labute approximate surface area is 116 Å². The first-order valence-electron chi connectivity index (χ1n) is 6.53. The van der Waals surface area contributed by atoms with E-state index >= 15 is 0 Å². The summed E-state index contributed by atoms with van der Waals surface area (Å²) in [5, 5.41) is 3.30. The highest BCUT2D eigenvalue weighted by molar-refractivity contribution is 7.90. The van der Waals surface area contributed by atoms with Gasteiger partial charge in [0.2, 0.25) is 0 Å². The zero-order chi connectivity index (χ0) is 14.3. The SMILES string of the molecule is CC(C)CCNCCOc1ccc(S(C)(=O)=O)cc1. The highest BCUT2D eigenvalue weighted by Gasteiger charge is 2.06. The average molecular weight is 285 g/mol. The van der Waals surface area contributed by atoms with Crippen LogP contribution < -0.4 is 10.1 Å². The quantitative estimate of drug-likeness (QED) is 0.743. The Kier molecular flexibility index (Phi) is 6.31. The van der Waals surface area contributed by atoms with Crippen LogP contribution in [0.25, 0.3) is 0 Å². The number of hydrogen-bond donors (Lipinski definition) is 1. The van der Waals surface area contributed by atoms with E-state index in [9.17, 15) is 8.42 Å². The first-order valence-corrected chi connectivity index (χ1v) is 8.42. The summed E-state index contributed by atoms with van der Waals surface area (Å²) in [6.45, 7) is 6.76. The van der Waals surface area contributed by atoms with Gasteiger partial charge < -0.3 is 10.1 Å². The van der Waals surface area contributed by atoms with E-state index in [1.54, 1.807) is 24.3 Å². The molecule has 4 nitrogen and oxygen atoms in total. The number of ether oxygens (including phenoxy) is 1. The van der Waals surface area contributed by atoms with Crippen LogP contribution in [0, 0.1) is 5.92 Å². The second-order valence-electron chi connectivity index (χ2n) is 5.02. The van der Waals surface area contributed by atoms with Crippen LogP contribution in [0.4, 0.5) is 0 Å². The maximum atomic E-state index is 11.3. The normalized spacial score (nSPS) is 11.8. The van der Waals surface area contributed by atoms with Crippen LogP contribution in [0.15, 0.2) is 29.2 Å². The Balaban J connectivity index is 2.27. The van der Waals surface area contributed by atoms with E-state index in [4.69, 9.17) is 4.74 Å². The van der Waals surface area contributed by atoms with Gasteiger partial charge in [-0.2, -0.15) is 0 Å². The molecule has 0 saturated heterocycles. The number of nitrogens with one attached hydrogen (secondary N) is 1. The lowest BCUT2D eigenvalue weighted by atomic mass is 10.1. The summed E-state index contributed by atoms with van der Waals surface area (Å²) < 4.78 is 28.1. The van der Waals surface area contributed by atoms with Crippen molar-refractivity contribution in [3.63, 3.8) is 0 Å². The van der Waals surface area contributed by atoms with Crippen LogP contribution in [-0.2, 0) is 9.84 Å². The molecule has 0 aliphatic carbocycles. The molecule has 1 rings (SSSR count). The zero-order valence-electron chi connectivity index (χ0n) is 11.8. The average Bonchev–Trinajstić information content (AvgIpc) is 2.32. The number of rotatable bonds is 8. The molecule has 108 valence electrons. The number of benzene rings is 1. The van der Waals surface area contributed by atoms with Crippen LogP contribution >= 0.6 is 0 Å². The number of hydrogen-bond acceptors (Lipinski definition) is 4. The second-order valence-corrected chi connectivity index (χ2v) is 7.04. The second kappa shape index (κ2) is 7.50. The summed E-state index contributed by atoms with van der Waals surface area (Å²) in [5.41, 5.74) is 0. The van der Waals surface area contributed by atoms with E-state index in [-0.39, 0.29) is 0 Å². The van der Waals surface area contributed by atoms with Gasteiger partial charge in [0, 0.05) is 12.8 Å². The minimum atomic E-state index is -3.13. The molecule has 0 spiro atoms. The van der Waals surface area contributed by atoms with Crippen LogP contribution in [0.2, 0.25) is 0 Å². The minimum Gasteiger partial charge on any atom is -0.492 e. The summed E-state index contributed by atoms with van der Waals surface area (Å²) in [6.07, 6.45) is 2.35. The molecule has 0 aromatic heterocycles. The largest absolute Gasteiger partial charge is 0.492 e. The lowest BCUT2D eigenvalue weighted by molar-refractivity contribution is 0.312. The van der Waals surface area contributed by atoms with Gasteiger partial charge in [0.05, 0.1) is 4.90 Å². The van der Waals surface area contributed by atoms with Crippen molar-refractivity contribution in [2.75, 3.05) is 26.0 Å². The van der Waals surface area contributed by atoms with E-state index in [0.717, 1.165) is 19.5 Å². The molecule has 0 radical (unpaired) electrons. The first kappa shape index (κ1) is 16.0. The van der Waals surface area contributed by atoms with Gasteiger partial charge in [-0.15, -0.1) is 0 Å². The predicted molar refractivity (Wildman–Crippen MR) is 77.4 cm³/mol. The molecule has 0 amide bonds. The number of sulfone groups is 1. The molecule has 1 aromatic carbocycles. The fourth-order valence-electron chi connectivity index (χ4n) is 1.54. The molecule has 1 N–H and O–H groups in total. The Hall–Kier alpha value is -1.07. The lowest BCUT2D eigenvalue weighted by Gasteiger charge is -2.09. The fourth-order valence-corrected chi connectivity index (χ4v) is 2.17. The Morgan fingerprint density at radius 3 is 2.32 bits per heavy atom. The first-order chi connectivity index (χ1) is 8.89. The third kappa shape index (κ3) is 6.59. The van der Waals surface area contributed by atoms with E-state index in [1.807, 2.05) is 0 Å². The standard InChI is InChI=1S/C14H23NO3S/c1-12(2)8-9-15-10-11-18-13-4-6-14(7-5-13)19(3,16)17/h4-7,12,15H,8-11H2,1-3H3. The third-order valence-corrected chi connectivity index (χ3v) is 3.83. The summed E-state index contributed by atoms with van der Waals surface area (Å²) in [4.78, 5) is 0.315. The topological polar surface area (TPSA) is 55.4 Å². The van der Waals surface area contributed by atoms with Crippen LogP contribution in [-0.4, -0.2) is 34.4 Å². The van der Waals surface area contributed by atoms with Crippen molar-refractivity contribution in [2.45, 2.75) is 25.2 Å². The molecular weight excluding hydrogens is 262 g/mol. The van der Waals surface area contributed by atoms with Gasteiger partial charge in [0.1, 0.15) is 12.4 Å². The summed E-state index contributed by atoms with van der Waals surface area (Å²) >= 11 is 0. The molecule has 0 atom stereocenters. The van der Waals surface area contributed by atoms with Gasteiger partial charge in [-0.3, -0.25) is 0 Å². The third-order valence-electron chi connectivity index (χ3n) is 2.70. The Morgan fingerprint density at radius 2 is 1.79 bits per heavy atom. The van der Waals surface area contributed by atoms with Crippen molar-refractivity contribution in [3.05, 3.63) is 24.3 Å². The maximum Gasteiger partial charge on any atom is 0.175 e. The molecule has 0 fully saturated rings. The molecule has 0 heterocycles. The van der Waals surface area contributed by atoms with E-state index < -0.39 is 9.84 Å². The highest BCUT2D eigenvalue weighted by Crippen LogP contribution is 2.15. The molecule has 0 saturated carbocycles. The van der Waals surface area contributed by atoms with Gasteiger partial charge in [-0.25, -0.2) is 8.42 Å². The van der Waals surface area contributed by atoms with Gasteiger partial charge in [-0.05, 0) is 43.1 Å². The fraction of sp³-hybridized carbons (Fsp3) is 0.571. The van der Waals surface area contributed by atoms with Crippen LogP contribution in [0.1, 0.15) is 20.3 Å². The summed E-state index contributed by atoms with van der Waals surface area (Å²) in [5.74, 6) is 1.40. The molecule has 1 aromatic rings. The Morgan fingerprint density at radius 1 is 1.16 bits per heavy atom.